The van der Waals surface area contributed by atoms with E-state index >= 15 is 0 Å². The molecule has 3 rings (SSSR count). The van der Waals surface area contributed by atoms with Crippen molar-refractivity contribution < 1.29 is 14.1 Å². The lowest BCUT2D eigenvalue weighted by molar-refractivity contribution is -0.125. The van der Waals surface area contributed by atoms with E-state index in [1.807, 2.05) is 0 Å². The van der Waals surface area contributed by atoms with Gasteiger partial charge in [-0.2, -0.15) is 4.98 Å². The Balaban J connectivity index is 1.63. The third kappa shape index (κ3) is 2.17. The third-order valence-corrected chi connectivity index (χ3v) is 3.42. The van der Waals surface area contributed by atoms with Crippen LogP contribution in [0.3, 0.4) is 0 Å². The SMILES string of the molecule is Cc1noc(NC(=O)C2C[C@H]3CC[C@@H](C2)O3)n1. The molecule has 1 aromatic heterocycles. The summed E-state index contributed by atoms with van der Waals surface area (Å²) in [6.45, 7) is 1.72. The molecule has 17 heavy (non-hydrogen) atoms. The Morgan fingerprint density at radius 2 is 2.06 bits per heavy atom. The van der Waals surface area contributed by atoms with Gasteiger partial charge in [-0.15, -0.1) is 0 Å². The van der Waals surface area contributed by atoms with Crippen molar-refractivity contribution in [2.45, 2.75) is 44.8 Å². The van der Waals surface area contributed by atoms with Crippen LogP contribution in [0.2, 0.25) is 0 Å². The molecule has 2 aliphatic heterocycles. The van der Waals surface area contributed by atoms with Crippen molar-refractivity contribution in [2.24, 2.45) is 5.92 Å². The van der Waals surface area contributed by atoms with Gasteiger partial charge in [-0.25, -0.2) is 0 Å². The second-order valence-corrected chi connectivity index (χ2v) is 4.76. The molecule has 2 saturated heterocycles. The van der Waals surface area contributed by atoms with Gasteiger partial charge in [0.25, 0.3) is 0 Å². The smallest absolute Gasteiger partial charge is 0.328 e. The lowest BCUT2D eigenvalue weighted by atomic mass is 9.95. The first-order valence-electron chi connectivity index (χ1n) is 5.97. The van der Waals surface area contributed by atoms with E-state index in [9.17, 15) is 4.79 Å². The molecule has 3 atom stereocenters. The zero-order valence-corrected chi connectivity index (χ0v) is 9.68. The first kappa shape index (κ1) is 10.7. The highest BCUT2D eigenvalue weighted by molar-refractivity contribution is 5.90. The van der Waals surface area contributed by atoms with Crippen molar-refractivity contribution in [3.8, 4) is 0 Å². The topological polar surface area (TPSA) is 77.2 Å². The molecule has 2 fully saturated rings. The number of amides is 1. The summed E-state index contributed by atoms with van der Waals surface area (Å²) in [6, 6.07) is 0.186. The number of fused-ring (bicyclic) bond motifs is 2. The molecular formula is C11H15N3O3. The molecule has 1 N–H and O–H groups in total. The Kier molecular flexibility index (Phi) is 2.58. The quantitative estimate of drug-likeness (QED) is 0.838. The molecule has 1 amide bonds. The van der Waals surface area contributed by atoms with Crippen LogP contribution in [-0.2, 0) is 9.53 Å². The monoisotopic (exact) mass is 237 g/mol. The lowest BCUT2D eigenvalue weighted by Gasteiger charge is -2.26. The number of aromatic nitrogens is 2. The maximum absolute atomic E-state index is 12.0. The van der Waals surface area contributed by atoms with Crippen LogP contribution in [0.25, 0.3) is 0 Å². The van der Waals surface area contributed by atoms with Crippen LogP contribution in [-0.4, -0.2) is 28.3 Å². The largest absolute Gasteiger partial charge is 0.375 e. The number of hydrogen-bond donors (Lipinski definition) is 1. The fourth-order valence-electron chi connectivity index (χ4n) is 2.63. The number of rotatable bonds is 2. The maximum Gasteiger partial charge on any atom is 0.328 e. The molecular weight excluding hydrogens is 222 g/mol. The standard InChI is InChI=1S/C11H15N3O3/c1-6-12-11(17-14-6)13-10(15)7-4-8-2-3-9(5-7)16-8/h7-9H,2-5H2,1H3,(H,12,13,14,15)/t7?,8-,9+. The minimum Gasteiger partial charge on any atom is -0.375 e. The normalized spacial score (nSPS) is 31.5. The van der Waals surface area contributed by atoms with Gasteiger partial charge in [-0.1, -0.05) is 5.16 Å². The van der Waals surface area contributed by atoms with Crippen molar-refractivity contribution in [1.29, 1.82) is 0 Å². The Hall–Kier alpha value is -1.43. The number of nitrogens with zero attached hydrogens (tertiary/aromatic N) is 2. The summed E-state index contributed by atoms with van der Waals surface area (Å²) < 4.78 is 10.6. The summed E-state index contributed by atoms with van der Waals surface area (Å²) in [5.41, 5.74) is 0. The summed E-state index contributed by atoms with van der Waals surface area (Å²) >= 11 is 0. The van der Waals surface area contributed by atoms with E-state index in [4.69, 9.17) is 9.26 Å². The van der Waals surface area contributed by atoms with Crippen LogP contribution in [0.1, 0.15) is 31.5 Å². The number of aryl methyl sites for hydroxylation is 1. The van der Waals surface area contributed by atoms with Gasteiger partial charge >= 0.3 is 6.01 Å². The van der Waals surface area contributed by atoms with Crippen molar-refractivity contribution in [3.05, 3.63) is 5.82 Å². The second kappa shape index (κ2) is 4.10. The maximum atomic E-state index is 12.0. The average molecular weight is 237 g/mol. The van der Waals surface area contributed by atoms with Crippen molar-refractivity contribution in [2.75, 3.05) is 5.32 Å². The number of hydrogen-bond acceptors (Lipinski definition) is 5. The summed E-state index contributed by atoms with van der Waals surface area (Å²) in [7, 11) is 0. The summed E-state index contributed by atoms with van der Waals surface area (Å²) in [5.74, 6) is 0.495. The molecule has 0 spiro atoms. The molecule has 6 heteroatoms. The van der Waals surface area contributed by atoms with Crippen molar-refractivity contribution >= 4 is 11.9 Å². The van der Waals surface area contributed by atoms with Crippen LogP contribution in [0, 0.1) is 12.8 Å². The minimum atomic E-state index is -0.0335. The van der Waals surface area contributed by atoms with Gasteiger partial charge in [0.15, 0.2) is 5.82 Å². The molecule has 6 nitrogen and oxygen atoms in total. The number of anilines is 1. The molecule has 3 heterocycles. The van der Waals surface area contributed by atoms with Crippen LogP contribution in [0.5, 0.6) is 0 Å². The highest BCUT2D eigenvalue weighted by Gasteiger charge is 2.38. The van der Waals surface area contributed by atoms with Gasteiger partial charge in [0.05, 0.1) is 12.2 Å². The number of ether oxygens (including phenoxy) is 1. The van der Waals surface area contributed by atoms with Gasteiger partial charge < -0.3 is 9.26 Å². The predicted octanol–water partition coefficient (Wildman–Crippen LogP) is 1.27. The van der Waals surface area contributed by atoms with E-state index < -0.39 is 0 Å². The number of carbonyl (C=O) groups is 1. The summed E-state index contributed by atoms with van der Waals surface area (Å²) in [4.78, 5) is 16.0. The van der Waals surface area contributed by atoms with Crippen molar-refractivity contribution in [3.63, 3.8) is 0 Å². The zero-order chi connectivity index (χ0) is 11.8. The molecule has 0 radical (unpaired) electrons. The molecule has 92 valence electrons. The zero-order valence-electron chi connectivity index (χ0n) is 9.68. The van der Waals surface area contributed by atoms with Gasteiger partial charge in [-0.05, 0) is 32.6 Å². The summed E-state index contributed by atoms with van der Waals surface area (Å²) in [6.07, 6.45) is 4.27. The Labute approximate surface area is 98.7 Å². The average Bonchev–Trinajstić information content (AvgIpc) is 2.85. The molecule has 2 aliphatic rings. The highest BCUT2D eigenvalue weighted by atomic mass is 16.5. The van der Waals surface area contributed by atoms with Gasteiger partial charge in [-0.3, -0.25) is 10.1 Å². The predicted molar refractivity (Wildman–Crippen MR) is 58.3 cm³/mol. The lowest BCUT2D eigenvalue weighted by Crippen LogP contribution is -2.33. The van der Waals surface area contributed by atoms with E-state index in [0.29, 0.717) is 5.82 Å². The van der Waals surface area contributed by atoms with Gasteiger partial charge in [0, 0.05) is 5.92 Å². The van der Waals surface area contributed by atoms with E-state index in [1.165, 1.54) is 0 Å². The second-order valence-electron chi connectivity index (χ2n) is 4.76. The minimum absolute atomic E-state index is 0.00783. The van der Waals surface area contributed by atoms with E-state index in [1.54, 1.807) is 6.92 Å². The number of nitrogens with one attached hydrogen (secondary N) is 1. The third-order valence-electron chi connectivity index (χ3n) is 3.42. The molecule has 1 aromatic rings. The fraction of sp³-hybridized carbons (Fsp3) is 0.727. The molecule has 0 aliphatic carbocycles. The first-order chi connectivity index (χ1) is 8.20. The molecule has 0 aromatic carbocycles. The van der Waals surface area contributed by atoms with Crippen LogP contribution >= 0.6 is 0 Å². The van der Waals surface area contributed by atoms with E-state index in [2.05, 4.69) is 15.5 Å². The van der Waals surface area contributed by atoms with E-state index in [-0.39, 0.29) is 30.0 Å². The van der Waals surface area contributed by atoms with Crippen molar-refractivity contribution in [1.82, 2.24) is 10.1 Å². The Bertz CT molecular complexity index is 419. The Morgan fingerprint density at radius 3 is 2.65 bits per heavy atom. The van der Waals surface area contributed by atoms with Crippen LogP contribution in [0.4, 0.5) is 6.01 Å². The highest BCUT2D eigenvalue weighted by Crippen LogP contribution is 2.36. The van der Waals surface area contributed by atoms with E-state index in [0.717, 1.165) is 25.7 Å². The summed E-state index contributed by atoms with van der Waals surface area (Å²) in [5, 5.41) is 6.30. The fourth-order valence-corrected chi connectivity index (χ4v) is 2.63. The van der Waals surface area contributed by atoms with Crippen LogP contribution in [0.15, 0.2) is 4.52 Å². The van der Waals surface area contributed by atoms with Gasteiger partial charge in [0.2, 0.25) is 5.91 Å². The van der Waals surface area contributed by atoms with Gasteiger partial charge in [0.1, 0.15) is 0 Å². The molecule has 2 bridgehead atoms. The van der Waals surface area contributed by atoms with Crippen LogP contribution < -0.4 is 5.32 Å². The molecule has 0 saturated carbocycles. The number of carbonyl (C=O) groups excluding carboxylic acids is 1. The Morgan fingerprint density at radius 1 is 1.35 bits per heavy atom. The molecule has 1 unspecified atom stereocenters. The first-order valence-corrected chi connectivity index (χ1v) is 5.97.